The third-order valence-electron chi connectivity index (χ3n) is 3.24. The lowest BCUT2D eigenvalue weighted by molar-refractivity contribution is -0.123. The molecule has 2 aromatic rings. The fourth-order valence-electron chi connectivity index (χ4n) is 2.11. The third kappa shape index (κ3) is 4.30. The van der Waals surface area contributed by atoms with Crippen molar-refractivity contribution in [3.05, 3.63) is 74.1 Å². The minimum absolute atomic E-state index is 0.265. The van der Waals surface area contributed by atoms with Crippen molar-refractivity contribution in [1.29, 1.82) is 0 Å². The Morgan fingerprint density at radius 3 is 2.72 bits per heavy atom. The van der Waals surface area contributed by atoms with Gasteiger partial charge in [0.15, 0.2) is 4.32 Å². The van der Waals surface area contributed by atoms with Crippen LogP contribution in [0.25, 0.3) is 6.08 Å². The Labute approximate surface area is 167 Å². The molecule has 126 valence electrons. The molecule has 8 heteroatoms. The number of rotatable bonds is 3. The number of amides is 2. The Balaban J connectivity index is 1.78. The first kappa shape index (κ1) is 18.1. The predicted molar refractivity (Wildman–Crippen MR) is 108 cm³/mol. The molecule has 0 unspecified atom stereocenters. The largest absolute Gasteiger partial charge is 0.285 e. The topological polar surface area (TPSA) is 49.4 Å². The normalized spacial score (nSPS) is 15.8. The highest BCUT2D eigenvalue weighted by molar-refractivity contribution is 9.10. The minimum atomic E-state index is -0.456. The number of hydrogen-bond acceptors (Lipinski definition) is 4. The van der Waals surface area contributed by atoms with Crippen LogP contribution >= 0.6 is 51.5 Å². The molecule has 0 bridgehead atoms. The van der Waals surface area contributed by atoms with Crippen molar-refractivity contribution in [2.24, 2.45) is 0 Å². The molecule has 0 radical (unpaired) electrons. The van der Waals surface area contributed by atoms with E-state index in [1.807, 2.05) is 24.3 Å². The van der Waals surface area contributed by atoms with E-state index in [0.29, 0.717) is 15.5 Å². The summed E-state index contributed by atoms with van der Waals surface area (Å²) in [5, 5.41) is 1.51. The molecule has 2 amide bonds. The lowest BCUT2D eigenvalue weighted by Crippen LogP contribution is -2.44. The van der Waals surface area contributed by atoms with Crippen molar-refractivity contribution < 1.29 is 9.59 Å². The highest BCUT2D eigenvalue weighted by Gasteiger charge is 2.33. The van der Waals surface area contributed by atoms with Gasteiger partial charge in [-0.1, -0.05) is 57.5 Å². The molecule has 1 aliphatic heterocycles. The second-order valence-electron chi connectivity index (χ2n) is 5.02. The van der Waals surface area contributed by atoms with Crippen LogP contribution in [-0.2, 0) is 4.79 Å². The highest BCUT2D eigenvalue weighted by atomic mass is 79.9. The van der Waals surface area contributed by atoms with Crippen molar-refractivity contribution in [2.45, 2.75) is 0 Å². The van der Waals surface area contributed by atoms with E-state index >= 15 is 0 Å². The summed E-state index contributed by atoms with van der Waals surface area (Å²) in [6.45, 7) is 0. The number of thiocarbonyl (C=S) groups is 1. The van der Waals surface area contributed by atoms with Gasteiger partial charge in [-0.3, -0.25) is 15.0 Å². The number of benzene rings is 2. The smallest absolute Gasteiger partial charge is 0.267 e. The molecule has 4 nitrogen and oxygen atoms in total. The van der Waals surface area contributed by atoms with E-state index in [9.17, 15) is 9.59 Å². The highest BCUT2D eigenvalue weighted by Crippen LogP contribution is 2.31. The predicted octanol–water partition coefficient (Wildman–Crippen LogP) is 4.65. The Kier molecular flexibility index (Phi) is 5.58. The average Bonchev–Trinajstić information content (AvgIpc) is 2.82. The van der Waals surface area contributed by atoms with Crippen LogP contribution in [0.5, 0.6) is 0 Å². The van der Waals surface area contributed by atoms with Crippen molar-refractivity contribution in [1.82, 2.24) is 10.4 Å². The molecule has 1 aliphatic rings. The number of hydrazine groups is 1. The lowest BCUT2D eigenvalue weighted by Gasteiger charge is -2.15. The molecule has 25 heavy (non-hydrogen) atoms. The standard InChI is InChI=1S/C17H10BrClN2O2S2/c18-12-5-1-3-10(7-12)8-14-16(23)21(17(24)25-14)20-15(22)11-4-2-6-13(19)9-11/h1-9H,(H,20,22)/b14-8-. The minimum Gasteiger partial charge on any atom is -0.267 e. The molecular weight excluding hydrogens is 444 g/mol. The third-order valence-corrected chi connectivity index (χ3v) is 5.27. The Morgan fingerprint density at radius 2 is 2.00 bits per heavy atom. The van der Waals surface area contributed by atoms with Gasteiger partial charge in [0.05, 0.1) is 4.91 Å². The zero-order valence-corrected chi connectivity index (χ0v) is 16.5. The maximum atomic E-state index is 12.5. The van der Waals surface area contributed by atoms with Gasteiger partial charge in [0.1, 0.15) is 0 Å². The van der Waals surface area contributed by atoms with Crippen LogP contribution in [0.4, 0.5) is 0 Å². The van der Waals surface area contributed by atoms with Crippen molar-refractivity contribution in [3.63, 3.8) is 0 Å². The molecule has 1 saturated heterocycles. The first-order valence-electron chi connectivity index (χ1n) is 7.04. The summed E-state index contributed by atoms with van der Waals surface area (Å²) in [6.07, 6.45) is 1.73. The van der Waals surface area contributed by atoms with Gasteiger partial charge in [-0.2, -0.15) is 5.01 Å². The number of carbonyl (C=O) groups is 2. The molecule has 1 fully saturated rings. The first-order valence-corrected chi connectivity index (χ1v) is 9.44. The fourth-order valence-corrected chi connectivity index (χ4v) is 3.89. The Bertz CT molecular complexity index is 917. The SMILES string of the molecule is O=C(NN1C(=O)/C(=C/c2cccc(Br)c2)SC1=S)c1cccc(Cl)c1. The Hall–Kier alpha value is -1.67. The first-order chi connectivity index (χ1) is 11.9. The molecule has 2 aromatic carbocycles. The zero-order chi connectivity index (χ0) is 18.0. The van der Waals surface area contributed by atoms with E-state index < -0.39 is 5.91 Å². The van der Waals surface area contributed by atoms with Crippen molar-refractivity contribution >= 4 is 73.7 Å². The van der Waals surface area contributed by atoms with Crippen LogP contribution in [0.15, 0.2) is 57.9 Å². The number of nitrogens with zero attached hydrogens (tertiary/aromatic N) is 1. The Morgan fingerprint density at radius 1 is 1.24 bits per heavy atom. The molecule has 0 aromatic heterocycles. The van der Waals surface area contributed by atoms with E-state index in [1.54, 1.807) is 24.3 Å². The quantitative estimate of drug-likeness (QED) is 0.543. The summed E-state index contributed by atoms with van der Waals surface area (Å²) in [5.74, 6) is -0.826. The van der Waals surface area contributed by atoms with Gasteiger partial charge in [-0.25, -0.2) is 0 Å². The van der Waals surface area contributed by atoms with Crippen LogP contribution in [0.1, 0.15) is 15.9 Å². The van der Waals surface area contributed by atoms with Crippen LogP contribution in [0.2, 0.25) is 5.02 Å². The van der Waals surface area contributed by atoms with Crippen LogP contribution in [0, 0.1) is 0 Å². The summed E-state index contributed by atoms with van der Waals surface area (Å²) in [6, 6.07) is 14.0. The lowest BCUT2D eigenvalue weighted by atomic mass is 10.2. The van der Waals surface area contributed by atoms with Gasteiger partial charge in [0, 0.05) is 15.1 Å². The molecular formula is C17H10BrClN2O2S2. The molecule has 1 N–H and O–H groups in total. The molecule has 0 aliphatic carbocycles. The van der Waals surface area contributed by atoms with Gasteiger partial charge >= 0.3 is 0 Å². The van der Waals surface area contributed by atoms with E-state index in [2.05, 4.69) is 21.4 Å². The van der Waals surface area contributed by atoms with Crippen molar-refractivity contribution in [3.8, 4) is 0 Å². The number of halogens is 2. The molecule has 1 heterocycles. The summed E-state index contributed by atoms with van der Waals surface area (Å²) in [7, 11) is 0. The molecule has 0 atom stereocenters. The molecule has 3 rings (SSSR count). The fraction of sp³-hybridized carbons (Fsp3) is 0. The average molecular weight is 454 g/mol. The number of hydrogen-bond donors (Lipinski definition) is 1. The van der Waals surface area contributed by atoms with E-state index in [1.165, 1.54) is 6.07 Å². The maximum Gasteiger partial charge on any atom is 0.285 e. The van der Waals surface area contributed by atoms with Crippen molar-refractivity contribution in [2.75, 3.05) is 0 Å². The van der Waals surface area contributed by atoms with E-state index in [-0.39, 0.29) is 10.2 Å². The van der Waals surface area contributed by atoms with Crippen LogP contribution in [-0.4, -0.2) is 21.1 Å². The second kappa shape index (κ2) is 7.70. The van der Waals surface area contributed by atoms with E-state index in [4.69, 9.17) is 23.8 Å². The van der Waals surface area contributed by atoms with Gasteiger partial charge in [0.25, 0.3) is 11.8 Å². The summed E-state index contributed by atoms with van der Waals surface area (Å²) in [4.78, 5) is 25.3. The number of thioether (sulfide) groups is 1. The van der Waals surface area contributed by atoms with Gasteiger partial charge in [-0.05, 0) is 54.2 Å². The van der Waals surface area contributed by atoms with Crippen LogP contribution < -0.4 is 5.43 Å². The van der Waals surface area contributed by atoms with Gasteiger partial charge in [-0.15, -0.1) is 0 Å². The zero-order valence-electron chi connectivity index (χ0n) is 12.5. The number of nitrogens with one attached hydrogen (secondary N) is 1. The van der Waals surface area contributed by atoms with E-state index in [0.717, 1.165) is 26.8 Å². The summed E-state index contributed by atoms with van der Waals surface area (Å²) in [5.41, 5.74) is 3.73. The van der Waals surface area contributed by atoms with Gasteiger partial charge < -0.3 is 0 Å². The number of carbonyl (C=O) groups excluding carboxylic acids is 2. The maximum absolute atomic E-state index is 12.5. The molecule has 0 spiro atoms. The second-order valence-corrected chi connectivity index (χ2v) is 8.05. The monoisotopic (exact) mass is 452 g/mol. The van der Waals surface area contributed by atoms with Gasteiger partial charge in [0.2, 0.25) is 0 Å². The summed E-state index contributed by atoms with van der Waals surface area (Å²) >= 11 is 15.6. The molecule has 0 saturated carbocycles. The van der Waals surface area contributed by atoms with Crippen LogP contribution in [0.3, 0.4) is 0 Å². The summed E-state index contributed by atoms with van der Waals surface area (Å²) < 4.78 is 1.17.